The van der Waals surface area contributed by atoms with Gasteiger partial charge < -0.3 is 24.2 Å². The summed E-state index contributed by atoms with van der Waals surface area (Å²) in [5.41, 5.74) is -5.85. The van der Waals surface area contributed by atoms with E-state index in [-0.39, 0.29) is 27.3 Å². The van der Waals surface area contributed by atoms with Crippen molar-refractivity contribution in [3.63, 3.8) is 0 Å². The summed E-state index contributed by atoms with van der Waals surface area (Å²) >= 11 is 6.84. The summed E-state index contributed by atoms with van der Waals surface area (Å²) in [5.74, 6) is -3.14. The van der Waals surface area contributed by atoms with Crippen LogP contribution >= 0.6 is 49.9 Å². The van der Waals surface area contributed by atoms with E-state index in [1.165, 1.54) is 147 Å². The Hall–Kier alpha value is -7.84. The second kappa shape index (κ2) is 30.1. The van der Waals surface area contributed by atoms with Crippen molar-refractivity contribution in [2.45, 2.75) is 127 Å². The Morgan fingerprint density at radius 2 is 0.814 bits per heavy atom. The molecular weight excluding hydrogens is 1510 g/mol. The Balaban J connectivity index is 0.000000165. The van der Waals surface area contributed by atoms with Crippen molar-refractivity contribution in [3.05, 3.63) is 227 Å². The number of rotatable bonds is 15. The molecule has 6 aromatic carbocycles. The number of hydrogen-bond donors (Lipinski definition) is 3. The Bertz CT molecular complexity index is 4890. The maximum Gasteiger partial charge on any atom is 0.454 e. The fourth-order valence-corrected chi connectivity index (χ4v) is 14.2. The molecule has 102 heavy (non-hydrogen) atoms. The molecule has 0 amide bonds. The van der Waals surface area contributed by atoms with Gasteiger partial charge in [-0.15, -0.1) is 34.0 Å². The standard InChI is InChI=1S/C25H27F4N3O2SSi.C19H13F4N3O2S.C15H8F4N2O.C10H18BrNOSSi/c1-23(2,3)36(4,5)34-14-22-31-21(15-35-22)24(33,25(27,28)29)17-6-11-20-16(12-17)13-30-32(20)19-9-7-18(26)8-10-19;20-13-2-4-14(5-3-13)26-15-6-1-12(7-11(15)8-24-26)18(28,19(21,22)23)16-10-29-17(9-27)25-16;16-11-2-4-12(5-3-11)21-13-6-1-9(7-10(13)8-20-21)14(22)15(17,18)19;1-10(2,3)15(4,5)13-6-9-12-8(11)7-14-9/h6-13,15,33H,14H2,1-5H3;1-8,10,27-28H,9H2;1-8H;7H,6H2,1-5H3. The summed E-state index contributed by atoms with van der Waals surface area (Å²) in [7, 11) is -3.76. The molecule has 540 valence electrons. The van der Waals surface area contributed by atoms with Crippen LogP contribution in [0.5, 0.6) is 0 Å². The number of Topliss-reactive ketones (excluding diaryl/α,β-unsaturated/α-hetero) is 1. The van der Waals surface area contributed by atoms with E-state index in [0.29, 0.717) is 61.4 Å². The lowest BCUT2D eigenvalue weighted by molar-refractivity contribution is -0.249. The molecule has 0 aliphatic rings. The Morgan fingerprint density at radius 1 is 0.480 bits per heavy atom. The molecule has 0 aliphatic heterocycles. The van der Waals surface area contributed by atoms with Crippen LogP contribution in [0.1, 0.15) is 89.4 Å². The number of alkyl halides is 9. The minimum Gasteiger partial charge on any atom is -0.410 e. The highest BCUT2D eigenvalue weighted by Crippen LogP contribution is 2.48. The minimum absolute atomic E-state index is 0.0619. The van der Waals surface area contributed by atoms with Gasteiger partial charge in [-0.25, -0.2) is 42.2 Å². The average Bonchev–Trinajstić information content (AvgIpc) is 1.42. The van der Waals surface area contributed by atoms with Gasteiger partial charge in [0.05, 0.1) is 83.4 Å². The molecule has 15 nitrogen and oxygen atoms in total. The normalized spacial score (nSPS) is 13.8. The molecule has 3 N–H and O–H groups in total. The monoisotopic (exact) mass is 1580 g/mol. The molecule has 6 aromatic heterocycles. The molecule has 6 heterocycles. The number of aliphatic hydroxyl groups excluding tert-OH is 1. The second-order valence-electron chi connectivity index (χ2n) is 26.2. The highest BCUT2D eigenvalue weighted by atomic mass is 79.9. The number of benzene rings is 6. The molecule has 0 aliphatic carbocycles. The van der Waals surface area contributed by atoms with Crippen molar-refractivity contribution in [1.82, 2.24) is 44.3 Å². The van der Waals surface area contributed by atoms with Gasteiger partial charge in [0, 0.05) is 37.9 Å². The minimum atomic E-state index is -5.05. The number of hydrogen-bond acceptors (Lipinski definition) is 15. The molecule has 12 rings (SSSR count). The zero-order chi connectivity index (χ0) is 74.9. The van der Waals surface area contributed by atoms with Gasteiger partial charge in [-0.2, -0.15) is 54.8 Å². The highest BCUT2D eigenvalue weighted by Gasteiger charge is 2.59. The molecule has 0 fully saturated rings. The number of fused-ring (bicyclic) bond motifs is 3. The van der Waals surface area contributed by atoms with Gasteiger partial charge in [-0.1, -0.05) is 53.7 Å². The lowest BCUT2D eigenvalue weighted by atomic mass is 9.89. The van der Waals surface area contributed by atoms with Crippen LogP contribution in [-0.2, 0) is 39.9 Å². The molecule has 2 unspecified atom stereocenters. The smallest absolute Gasteiger partial charge is 0.410 e. The molecule has 0 saturated carbocycles. The van der Waals surface area contributed by atoms with Gasteiger partial charge in [-0.05, 0) is 179 Å². The summed E-state index contributed by atoms with van der Waals surface area (Å²) in [4.78, 5) is 23.4. The van der Waals surface area contributed by atoms with Crippen molar-refractivity contribution < 1.29 is 81.7 Å². The lowest BCUT2D eigenvalue weighted by Gasteiger charge is -2.35. The summed E-state index contributed by atoms with van der Waals surface area (Å²) in [6, 6.07) is 27.8. The van der Waals surface area contributed by atoms with Crippen molar-refractivity contribution in [3.8, 4) is 17.1 Å². The van der Waals surface area contributed by atoms with Crippen LogP contribution in [0.4, 0.5) is 52.7 Å². The lowest BCUT2D eigenvalue weighted by Crippen LogP contribution is -2.43. The summed E-state index contributed by atoms with van der Waals surface area (Å²) in [6.07, 6.45) is -10.9. The number of nitrogens with zero attached hydrogens (tertiary/aromatic N) is 9. The Kier molecular flexibility index (Phi) is 23.1. The fraction of sp³-hybridized carbons (Fsp3) is 0.290. The van der Waals surface area contributed by atoms with Gasteiger partial charge >= 0.3 is 18.5 Å². The third-order valence-electron chi connectivity index (χ3n) is 17.3. The van der Waals surface area contributed by atoms with Crippen molar-refractivity contribution in [2.75, 3.05) is 0 Å². The third-order valence-corrected chi connectivity index (χ3v) is 29.5. The van der Waals surface area contributed by atoms with Crippen LogP contribution in [0.3, 0.4) is 0 Å². The number of carbonyl (C=O) groups excluding carboxylic acids is 1. The maximum atomic E-state index is 14.4. The van der Waals surface area contributed by atoms with Gasteiger partial charge in [0.25, 0.3) is 5.78 Å². The highest BCUT2D eigenvalue weighted by molar-refractivity contribution is 9.10. The van der Waals surface area contributed by atoms with E-state index in [1.54, 1.807) is 11.3 Å². The predicted octanol–water partition coefficient (Wildman–Crippen LogP) is 19.2. The molecular formula is C69H66BrF12N9O6S3Si2. The van der Waals surface area contributed by atoms with Gasteiger partial charge in [-0.3, -0.25) is 4.79 Å². The molecule has 33 heteroatoms. The number of aromatic nitrogens is 9. The van der Waals surface area contributed by atoms with Crippen molar-refractivity contribution in [2.24, 2.45) is 0 Å². The van der Waals surface area contributed by atoms with E-state index in [0.717, 1.165) is 55.9 Å². The summed E-state index contributed by atoms with van der Waals surface area (Å²) < 4.78 is 179. The molecule has 0 bridgehead atoms. The third kappa shape index (κ3) is 17.2. The van der Waals surface area contributed by atoms with Crippen LogP contribution in [0.2, 0.25) is 36.3 Å². The predicted molar refractivity (Wildman–Crippen MR) is 376 cm³/mol. The first-order chi connectivity index (χ1) is 47.4. The van der Waals surface area contributed by atoms with Crippen LogP contribution in [0.15, 0.2) is 167 Å². The van der Waals surface area contributed by atoms with Crippen LogP contribution in [0.25, 0.3) is 49.8 Å². The van der Waals surface area contributed by atoms with E-state index in [2.05, 4.69) is 114 Å². The van der Waals surface area contributed by atoms with Gasteiger partial charge in [0.2, 0.25) is 11.2 Å². The Morgan fingerprint density at radius 3 is 1.14 bits per heavy atom. The molecule has 0 radical (unpaired) electrons. The first-order valence-corrected chi connectivity index (χ1v) is 40.0. The first-order valence-electron chi connectivity index (χ1n) is 30.8. The molecule has 2 atom stereocenters. The van der Waals surface area contributed by atoms with Gasteiger partial charge in [0.1, 0.15) is 37.1 Å². The largest absolute Gasteiger partial charge is 0.454 e. The topological polar surface area (TPSA) is 188 Å². The zero-order valence-corrected chi connectivity index (χ0v) is 62.0. The maximum absolute atomic E-state index is 14.4. The summed E-state index contributed by atoms with van der Waals surface area (Å²) in [5, 5.41) is 50.4. The number of halogens is 13. The van der Waals surface area contributed by atoms with Crippen molar-refractivity contribution >= 4 is 105 Å². The number of thiazole rings is 3. The second-order valence-corrected chi connectivity index (χ2v) is 39.5. The molecule has 12 aromatic rings. The van der Waals surface area contributed by atoms with Crippen LogP contribution in [0, 0.1) is 17.5 Å². The quantitative estimate of drug-likeness (QED) is 0.0501. The van der Waals surface area contributed by atoms with E-state index in [4.69, 9.17) is 14.0 Å². The van der Waals surface area contributed by atoms with Crippen molar-refractivity contribution in [1.29, 1.82) is 0 Å². The number of ketones is 1. The van der Waals surface area contributed by atoms with Crippen LogP contribution < -0.4 is 0 Å². The average molecular weight is 1580 g/mol. The molecule has 0 saturated heterocycles. The zero-order valence-electron chi connectivity index (χ0n) is 55.9. The van der Waals surface area contributed by atoms with E-state index in [1.807, 2.05) is 5.38 Å². The fourth-order valence-electron chi connectivity index (χ4n) is 9.50. The van der Waals surface area contributed by atoms with E-state index >= 15 is 0 Å². The SMILES string of the molecule is CC(C)(C)[Si](C)(C)OCc1nc(Br)cs1.CC(C)(C)[Si](C)(C)OCc1nc(C(O)(c2ccc3c(cnn3-c3ccc(F)cc3)c2)C(F)(F)F)cs1.O=C(c1ccc2c(cnn2-c2ccc(F)cc2)c1)C(F)(F)F.OCc1nc(C(O)(c2ccc3c(cnn3-c3ccc(F)cc3)c2)C(F)(F)F)cs1. The van der Waals surface area contributed by atoms with Gasteiger partial charge in [0.15, 0.2) is 16.6 Å². The van der Waals surface area contributed by atoms with E-state index < -0.39 is 98.7 Å². The van der Waals surface area contributed by atoms with Crippen LogP contribution in [-0.4, -0.2) is 101 Å². The molecule has 0 spiro atoms. The first kappa shape index (κ1) is 78.3. The van der Waals surface area contributed by atoms with E-state index in [9.17, 15) is 67.7 Å². The summed E-state index contributed by atoms with van der Waals surface area (Å²) in [6.45, 7) is 21.8. The number of aliphatic hydroxyl groups is 3. The number of carbonyl (C=O) groups is 1. The Labute approximate surface area is 599 Å².